The molecule has 0 amide bonds. The summed E-state index contributed by atoms with van der Waals surface area (Å²) in [6.45, 7) is 4.16. The van der Waals surface area contributed by atoms with Gasteiger partial charge in [0, 0.05) is 18.8 Å². The van der Waals surface area contributed by atoms with E-state index in [0.29, 0.717) is 6.61 Å². The maximum Gasteiger partial charge on any atom is 0.143 e. The Bertz CT molecular complexity index is 428. The van der Waals surface area contributed by atoms with Crippen molar-refractivity contribution in [1.82, 2.24) is 0 Å². The van der Waals surface area contributed by atoms with Gasteiger partial charge in [-0.05, 0) is 25.1 Å². The summed E-state index contributed by atoms with van der Waals surface area (Å²) in [5.74, 6) is -0.459. The van der Waals surface area contributed by atoms with Gasteiger partial charge in [0.2, 0.25) is 0 Å². The van der Waals surface area contributed by atoms with E-state index in [0.717, 1.165) is 18.8 Å². The molecule has 4 heteroatoms. The van der Waals surface area contributed by atoms with Gasteiger partial charge in [0.25, 0.3) is 0 Å². The molecule has 3 nitrogen and oxygen atoms in total. The number of ether oxygens (including phenoxy) is 1. The first-order valence-corrected chi connectivity index (χ1v) is 5.27. The number of nitriles is 1. The van der Waals surface area contributed by atoms with Crippen molar-refractivity contribution in [2.24, 2.45) is 0 Å². The fourth-order valence-electron chi connectivity index (χ4n) is 1.84. The van der Waals surface area contributed by atoms with Crippen LogP contribution in [0.4, 0.5) is 10.1 Å². The minimum absolute atomic E-state index is 0.0880. The second-order valence-electron chi connectivity index (χ2n) is 3.90. The minimum Gasteiger partial charge on any atom is -0.375 e. The Morgan fingerprint density at radius 1 is 1.56 bits per heavy atom. The number of anilines is 1. The van der Waals surface area contributed by atoms with Crippen LogP contribution < -0.4 is 4.90 Å². The lowest BCUT2D eigenvalue weighted by Gasteiger charge is -2.32. The van der Waals surface area contributed by atoms with Crippen LogP contribution in [0, 0.1) is 17.1 Å². The SMILES string of the molecule is CC1CN(c2ccc(C#N)c(F)c2)CCO1. The normalized spacial score (nSPS) is 20.6. The lowest BCUT2D eigenvalue weighted by molar-refractivity contribution is 0.0532. The van der Waals surface area contributed by atoms with Gasteiger partial charge in [0.05, 0.1) is 18.3 Å². The summed E-state index contributed by atoms with van der Waals surface area (Å²) < 4.78 is 18.8. The van der Waals surface area contributed by atoms with Gasteiger partial charge in [-0.25, -0.2) is 4.39 Å². The number of hydrogen-bond acceptors (Lipinski definition) is 3. The van der Waals surface area contributed by atoms with Crippen molar-refractivity contribution >= 4 is 5.69 Å². The number of morpholine rings is 1. The largest absolute Gasteiger partial charge is 0.375 e. The van der Waals surface area contributed by atoms with Crippen molar-refractivity contribution in [2.45, 2.75) is 13.0 Å². The van der Waals surface area contributed by atoms with Gasteiger partial charge >= 0.3 is 0 Å². The molecule has 84 valence electrons. The third kappa shape index (κ3) is 2.15. The molecule has 1 aromatic rings. The molecule has 1 aromatic carbocycles. The molecule has 0 saturated carbocycles. The molecule has 0 N–H and O–H groups in total. The quantitative estimate of drug-likeness (QED) is 0.725. The smallest absolute Gasteiger partial charge is 0.143 e. The van der Waals surface area contributed by atoms with Crippen LogP contribution in [-0.4, -0.2) is 25.8 Å². The predicted molar refractivity (Wildman–Crippen MR) is 58.7 cm³/mol. The van der Waals surface area contributed by atoms with E-state index < -0.39 is 5.82 Å². The lowest BCUT2D eigenvalue weighted by atomic mass is 10.2. The summed E-state index contributed by atoms with van der Waals surface area (Å²) >= 11 is 0. The second kappa shape index (κ2) is 4.50. The Kier molecular flexibility index (Phi) is 3.07. The summed E-state index contributed by atoms with van der Waals surface area (Å²) in [6.07, 6.45) is 0.160. The molecule has 1 unspecified atom stereocenters. The summed E-state index contributed by atoms with van der Waals surface area (Å²) in [7, 11) is 0. The molecule has 1 saturated heterocycles. The Morgan fingerprint density at radius 3 is 3.00 bits per heavy atom. The summed E-state index contributed by atoms with van der Waals surface area (Å²) in [5.41, 5.74) is 0.900. The van der Waals surface area contributed by atoms with Gasteiger partial charge in [-0.15, -0.1) is 0 Å². The molecule has 0 radical (unpaired) electrons. The van der Waals surface area contributed by atoms with Crippen molar-refractivity contribution in [3.8, 4) is 6.07 Å². The number of rotatable bonds is 1. The highest BCUT2D eigenvalue weighted by Gasteiger charge is 2.17. The maximum absolute atomic E-state index is 13.4. The molecule has 16 heavy (non-hydrogen) atoms. The fourth-order valence-corrected chi connectivity index (χ4v) is 1.84. The van der Waals surface area contributed by atoms with Crippen molar-refractivity contribution in [3.05, 3.63) is 29.6 Å². The number of nitrogens with zero attached hydrogens (tertiary/aromatic N) is 2. The molecular weight excluding hydrogens is 207 g/mol. The van der Waals surface area contributed by atoms with Crippen LogP contribution in [-0.2, 0) is 4.74 Å². The highest BCUT2D eigenvalue weighted by Crippen LogP contribution is 2.20. The topological polar surface area (TPSA) is 36.3 Å². The van der Waals surface area contributed by atoms with Gasteiger partial charge in [-0.3, -0.25) is 0 Å². The zero-order chi connectivity index (χ0) is 11.5. The van der Waals surface area contributed by atoms with Gasteiger partial charge in [-0.2, -0.15) is 5.26 Å². The van der Waals surface area contributed by atoms with E-state index in [4.69, 9.17) is 10.00 Å². The summed E-state index contributed by atoms with van der Waals surface area (Å²) in [5, 5.41) is 8.64. The third-order valence-electron chi connectivity index (χ3n) is 2.68. The average molecular weight is 220 g/mol. The molecular formula is C12H13FN2O. The predicted octanol–water partition coefficient (Wildman–Crippen LogP) is 1.92. The van der Waals surface area contributed by atoms with E-state index in [9.17, 15) is 4.39 Å². The Labute approximate surface area is 94.0 Å². The molecule has 0 aromatic heterocycles. The molecule has 0 bridgehead atoms. The van der Waals surface area contributed by atoms with Crippen LogP contribution in [0.15, 0.2) is 18.2 Å². The first kappa shape index (κ1) is 10.9. The van der Waals surface area contributed by atoms with Crippen molar-refractivity contribution in [2.75, 3.05) is 24.6 Å². The summed E-state index contributed by atoms with van der Waals surface area (Å²) in [6, 6.07) is 6.53. The number of halogens is 1. The highest BCUT2D eigenvalue weighted by molar-refractivity contribution is 5.50. The van der Waals surface area contributed by atoms with Crippen molar-refractivity contribution < 1.29 is 9.13 Å². The molecule has 1 aliphatic heterocycles. The molecule has 1 atom stereocenters. The van der Waals surface area contributed by atoms with E-state index >= 15 is 0 Å². The standard InChI is InChI=1S/C12H13FN2O/c1-9-8-15(4-5-16-9)11-3-2-10(7-14)12(13)6-11/h2-3,6,9H,4-5,8H2,1H3. The van der Waals surface area contributed by atoms with Crippen LogP contribution in [0.3, 0.4) is 0 Å². The maximum atomic E-state index is 13.4. The van der Waals surface area contributed by atoms with Crippen LogP contribution in [0.25, 0.3) is 0 Å². The highest BCUT2D eigenvalue weighted by atomic mass is 19.1. The number of hydrogen-bond donors (Lipinski definition) is 0. The lowest BCUT2D eigenvalue weighted by Crippen LogP contribution is -2.41. The van der Waals surface area contributed by atoms with E-state index in [1.165, 1.54) is 12.1 Å². The van der Waals surface area contributed by atoms with E-state index in [-0.39, 0.29) is 11.7 Å². The summed E-state index contributed by atoms with van der Waals surface area (Å²) in [4.78, 5) is 2.07. The Balaban J connectivity index is 2.21. The van der Waals surface area contributed by atoms with Gasteiger partial charge in [-0.1, -0.05) is 0 Å². The first-order chi connectivity index (χ1) is 7.70. The average Bonchev–Trinajstić information content (AvgIpc) is 2.29. The van der Waals surface area contributed by atoms with Gasteiger partial charge in [0.1, 0.15) is 11.9 Å². The van der Waals surface area contributed by atoms with Crippen LogP contribution >= 0.6 is 0 Å². The van der Waals surface area contributed by atoms with Crippen LogP contribution in [0.1, 0.15) is 12.5 Å². The van der Waals surface area contributed by atoms with E-state index in [2.05, 4.69) is 4.90 Å². The van der Waals surface area contributed by atoms with E-state index in [1.807, 2.05) is 13.0 Å². The Morgan fingerprint density at radius 2 is 2.38 bits per heavy atom. The van der Waals surface area contributed by atoms with Crippen LogP contribution in [0.5, 0.6) is 0 Å². The molecule has 0 spiro atoms. The molecule has 2 rings (SSSR count). The molecule has 1 fully saturated rings. The zero-order valence-corrected chi connectivity index (χ0v) is 9.11. The number of benzene rings is 1. The van der Waals surface area contributed by atoms with Crippen molar-refractivity contribution in [1.29, 1.82) is 5.26 Å². The fraction of sp³-hybridized carbons (Fsp3) is 0.417. The Hall–Kier alpha value is -1.60. The minimum atomic E-state index is -0.459. The van der Waals surface area contributed by atoms with Crippen LogP contribution in [0.2, 0.25) is 0 Å². The van der Waals surface area contributed by atoms with E-state index in [1.54, 1.807) is 6.07 Å². The van der Waals surface area contributed by atoms with Crippen molar-refractivity contribution in [3.63, 3.8) is 0 Å². The van der Waals surface area contributed by atoms with Gasteiger partial charge in [0.15, 0.2) is 0 Å². The second-order valence-corrected chi connectivity index (χ2v) is 3.90. The van der Waals surface area contributed by atoms with Gasteiger partial charge < -0.3 is 9.64 Å². The molecule has 0 aliphatic carbocycles. The monoisotopic (exact) mass is 220 g/mol. The molecule has 1 heterocycles. The zero-order valence-electron chi connectivity index (χ0n) is 9.11. The third-order valence-corrected chi connectivity index (χ3v) is 2.68. The first-order valence-electron chi connectivity index (χ1n) is 5.27. The molecule has 1 aliphatic rings.